The van der Waals surface area contributed by atoms with Gasteiger partial charge in [0, 0.05) is 11.9 Å². The molecule has 2 heterocycles. The molecule has 0 saturated carbocycles. The quantitative estimate of drug-likeness (QED) is 0.690. The van der Waals surface area contributed by atoms with Gasteiger partial charge in [0.15, 0.2) is 5.69 Å². The van der Waals surface area contributed by atoms with Gasteiger partial charge in [-0.15, -0.1) is 11.3 Å². The molecule has 3 aromatic rings. The van der Waals surface area contributed by atoms with Crippen molar-refractivity contribution in [1.29, 1.82) is 0 Å². The summed E-state index contributed by atoms with van der Waals surface area (Å²) in [5.41, 5.74) is -0.0364. The lowest BCUT2D eigenvalue weighted by Gasteiger charge is -2.13. The predicted molar refractivity (Wildman–Crippen MR) is 91.8 cm³/mol. The Balaban J connectivity index is 2.19. The van der Waals surface area contributed by atoms with Crippen molar-refractivity contribution in [3.05, 3.63) is 52.2 Å². The molecule has 0 unspecified atom stereocenters. The van der Waals surface area contributed by atoms with E-state index in [4.69, 9.17) is 4.42 Å². The van der Waals surface area contributed by atoms with E-state index >= 15 is 0 Å². The monoisotopic (exact) mass is 350 g/mol. The largest absolute Gasteiger partial charge is 0.421 e. The smallest absolute Gasteiger partial charge is 0.363 e. The Labute approximate surface area is 136 Å². The Bertz CT molecular complexity index is 992. The highest BCUT2D eigenvalue weighted by Gasteiger charge is 2.22. The van der Waals surface area contributed by atoms with Gasteiger partial charge in [-0.2, -0.15) is 0 Å². The Morgan fingerprint density at radius 3 is 2.61 bits per heavy atom. The first-order chi connectivity index (χ1) is 11.0. The van der Waals surface area contributed by atoms with Crippen LogP contribution in [0.15, 0.2) is 55.2 Å². The molecule has 0 aliphatic carbocycles. The molecule has 0 bridgehead atoms. The van der Waals surface area contributed by atoms with E-state index in [1.165, 1.54) is 6.07 Å². The molecule has 0 aliphatic heterocycles. The van der Waals surface area contributed by atoms with Crippen molar-refractivity contribution in [1.82, 2.24) is 0 Å². The first-order valence-corrected chi connectivity index (χ1v) is 9.25. The summed E-state index contributed by atoms with van der Waals surface area (Å²) in [6.07, 6.45) is 0. The molecule has 0 fully saturated rings. The van der Waals surface area contributed by atoms with Crippen LogP contribution in [0.1, 0.15) is 6.92 Å². The molecule has 8 heteroatoms. The average Bonchev–Trinajstić information content (AvgIpc) is 3.06. The molecule has 3 rings (SSSR count). The number of anilines is 2. The summed E-state index contributed by atoms with van der Waals surface area (Å²) in [5, 5.41) is 5.34. The molecular formula is C15H14N2O4S2. The van der Waals surface area contributed by atoms with E-state index in [2.05, 4.69) is 10.0 Å². The zero-order valence-electron chi connectivity index (χ0n) is 12.2. The number of rotatable bonds is 5. The minimum atomic E-state index is -3.83. The third-order valence-electron chi connectivity index (χ3n) is 3.16. The molecule has 0 spiro atoms. The van der Waals surface area contributed by atoms with Crippen LogP contribution in [-0.4, -0.2) is 15.0 Å². The highest BCUT2D eigenvalue weighted by atomic mass is 32.2. The number of hydrogen-bond donors (Lipinski definition) is 2. The molecule has 1 aromatic carbocycles. The van der Waals surface area contributed by atoms with Crippen LogP contribution in [0.5, 0.6) is 0 Å². The Kier molecular flexibility index (Phi) is 4.10. The summed E-state index contributed by atoms with van der Waals surface area (Å²) in [6, 6.07) is 10.1. The molecule has 0 atom stereocenters. The molecule has 120 valence electrons. The summed E-state index contributed by atoms with van der Waals surface area (Å²) < 4.78 is 32.5. The zero-order chi connectivity index (χ0) is 16.4. The average molecular weight is 350 g/mol. The van der Waals surface area contributed by atoms with E-state index in [0.29, 0.717) is 23.2 Å². The van der Waals surface area contributed by atoms with Gasteiger partial charge >= 0.3 is 5.63 Å². The summed E-state index contributed by atoms with van der Waals surface area (Å²) >= 11 is 1.07. The van der Waals surface area contributed by atoms with Crippen LogP contribution in [0.3, 0.4) is 0 Å². The van der Waals surface area contributed by atoms with Crippen LogP contribution >= 0.6 is 11.3 Å². The third kappa shape index (κ3) is 2.95. The lowest BCUT2D eigenvalue weighted by Crippen LogP contribution is -2.20. The van der Waals surface area contributed by atoms with E-state index in [1.807, 2.05) is 6.92 Å². The number of sulfonamides is 1. The molecule has 2 N–H and O–H groups in total. The predicted octanol–water partition coefficient (Wildman–Crippen LogP) is 3.09. The van der Waals surface area contributed by atoms with Gasteiger partial charge in [0.25, 0.3) is 10.0 Å². The fourth-order valence-corrected chi connectivity index (χ4v) is 4.26. The van der Waals surface area contributed by atoms with Crippen LogP contribution in [0, 0.1) is 0 Å². The van der Waals surface area contributed by atoms with Crippen LogP contribution < -0.4 is 15.7 Å². The van der Waals surface area contributed by atoms with Crippen LogP contribution in [0.4, 0.5) is 11.4 Å². The second kappa shape index (κ2) is 6.05. The van der Waals surface area contributed by atoms with E-state index in [-0.39, 0.29) is 9.90 Å². The minimum absolute atomic E-state index is 0.112. The van der Waals surface area contributed by atoms with Crippen molar-refractivity contribution < 1.29 is 12.8 Å². The fourth-order valence-electron chi connectivity index (χ4n) is 2.20. The number of thiophene rings is 1. The maximum atomic E-state index is 12.4. The molecule has 23 heavy (non-hydrogen) atoms. The summed E-state index contributed by atoms with van der Waals surface area (Å²) in [5.74, 6) is 0. The van der Waals surface area contributed by atoms with Gasteiger partial charge in [0.2, 0.25) is 0 Å². The van der Waals surface area contributed by atoms with Gasteiger partial charge in [0.1, 0.15) is 9.79 Å². The number of hydrogen-bond acceptors (Lipinski definition) is 6. The van der Waals surface area contributed by atoms with Gasteiger partial charge in [-0.05, 0) is 30.5 Å². The highest BCUT2D eigenvalue weighted by molar-refractivity contribution is 7.94. The minimum Gasteiger partial charge on any atom is -0.421 e. The van der Waals surface area contributed by atoms with E-state index < -0.39 is 15.6 Å². The Hall–Kier alpha value is -2.32. The highest BCUT2D eigenvalue weighted by Crippen LogP contribution is 2.30. The van der Waals surface area contributed by atoms with Crippen molar-refractivity contribution in [2.75, 3.05) is 16.6 Å². The number of fused-ring (bicyclic) bond motifs is 1. The maximum Gasteiger partial charge on any atom is 0.363 e. The normalized spacial score (nSPS) is 11.5. The molecule has 0 saturated heterocycles. The summed E-state index contributed by atoms with van der Waals surface area (Å²) in [4.78, 5) is 12.2. The van der Waals surface area contributed by atoms with Crippen molar-refractivity contribution >= 4 is 43.7 Å². The zero-order valence-corrected chi connectivity index (χ0v) is 13.8. The number of benzene rings is 1. The standard InChI is InChI=1S/C15H14N2O4S2/c1-2-16-13-10-6-3-4-7-11(10)21-15(18)14(13)17-23(19,20)12-8-5-9-22-12/h3-9,16-17H,2H2,1H3. The molecule has 0 aliphatic rings. The third-order valence-corrected chi connectivity index (χ3v) is 5.91. The lowest BCUT2D eigenvalue weighted by molar-refractivity contribution is 0.563. The molecule has 0 radical (unpaired) electrons. The lowest BCUT2D eigenvalue weighted by atomic mass is 10.2. The van der Waals surface area contributed by atoms with Crippen molar-refractivity contribution in [3.63, 3.8) is 0 Å². The van der Waals surface area contributed by atoms with Gasteiger partial charge in [-0.1, -0.05) is 18.2 Å². The fraction of sp³-hybridized carbons (Fsp3) is 0.133. The van der Waals surface area contributed by atoms with Crippen LogP contribution in [0.2, 0.25) is 0 Å². The maximum absolute atomic E-state index is 12.4. The van der Waals surface area contributed by atoms with Gasteiger partial charge in [-0.3, -0.25) is 4.72 Å². The Morgan fingerprint density at radius 2 is 1.91 bits per heavy atom. The molecule has 0 amide bonds. The summed E-state index contributed by atoms with van der Waals surface area (Å²) in [6.45, 7) is 2.39. The number of nitrogens with one attached hydrogen (secondary N) is 2. The van der Waals surface area contributed by atoms with Crippen LogP contribution in [-0.2, 0) is 10.0 Å². The second-order valence-corrected chi connectivity index (χ2v) is 7.56. The first kappa shape index (κ1) is 15.6. The van der Waals surface area contributed by atoms with Crippen molar-refractivity contribution in [2.24, 2.45) is 0 Å². The van der Waals surface area contributed by atoms with Crippen LogP contribution in [0.25, 0.3) is 11.0 Å². The summed E-state index contributed by atoms with van der Waals surface area (Å²) in [7, 11) is -3.83. The van der Waals surface area contributed by atoms with Crippen molar-refractivity contribution in [2.45, 2.75) is 11.1 Å². The number of para-hydroxylation sites is 1. The second-order valence-electron chi connectivity index (χ2n) is 4.70. The molecule has 6 nitrogen and oxygen atoms in total. The van der Waals surface area contributed by atoms with Gasteiger partial charge in [0.05, 0.1) is 5.69 Å². The molecule has 2 aromatic heterocycles. The SMILES string of the molecule is CCNc1c(NS(=O)(=O)c2cccs2)c(=O)oc2ccccc12. The van der Waals surface area contributed by atoms with E-state index in [9.17, 15) is 13.2 Å². The van der Waals surface area contributed by atoms with E-state index in [1.54, 1.807) is 35.7 Å². The van der Waals surface area contributed by atoms with E-state index in [0.717, 1.165) is 11.3 Å². The van der Waals surface area contributed by atoms with Gasteiger partial charge in [-0.25, -0.2) is 13.2 Å². The molecular weight excluding hydrogens is 336 g/mol. The van der Waals surface area contributed by atoms with Crippen molar-refractivity contribution in [3.8, 4) is 0 Å². The first-order valence-electron chi connectivity index (χ1n) is 6.89. The topological polar surface area (TPSA) is 88.4 Å². The van der Waals surface area contributed by atoms with Gasteiger partial charge < -0.3 is 9.73 Å². The Morgan fingerprint density at radius 1 is 1.13 bits per heavy atom.